The van der Waals surface area contributed by atoms with Gasteiger partial charge in [-0.15, -0.1) is 16.8 Å². The van der Waals surface area contributed by atoms with Crippen molar-refractivity contribution in [1.29, 1.82) is 0 Å². The highest BCUT2D eigenvalue weighted by molar-refractivity contribution is 7.15. The van der Waals surface area contributed by atoms with Gasteiger partial charge in [-0.3, -0.25) is 4.79 Å². The number of hydrogen-bond donors (Lipinski definition) is 1. The summed E-state index contributed by atoms with van der Waals surface area (Å²) in [5.41, 5.74) is 5.06. The first-order valence-corrected chi connectivity index (χ1v) is 11.8. The van der Waals surface area contributed by atoms with Gasteiger partial charge in [-0.25, -0.2) is 4.98 Å². The summed E-state index contributed by atoms with van der Waals surface area (Å²) in [5.74, 6) is 0.587. The molecule has 0 atom stereocenters. The Kier molecular flexibility index (Phi) is 7.58. The third-order valence-corrected chi connectivity index (χ3v) is 7.04. The van der Waals surface area contributed by atoms with Gasteiger partial charge in [0.15, 0.2) is 4.87 Å². The largest absolute Gasteiger partial charge is 0.343 e. The number of hydrogen-bond acceptors (Lipinski definition) is 4. The van der Waals surface area contributed by atoms with Gasteiger partial charge in [0.25, 0.3) is 0 Å². The topological polar surface area (TPSA) is 65.3 Å². The second-order valence-electron chi connectivity index (χ2n) is 8.33. The number of nitrogens with zero attached hydrogens (tertiary/aromatic N) is 3. The van der Waals surface area contributed by atoms with Crippen molar-refractivity contribution in [2.24, 2.45) is 0 Å². The number of rotatable bonds is 8. The standard InChI is InChI=1S/C23H33N4O2S/c1-5-25-27(29)20-13-17(14-22(28)26(4)16(2)3)11-12-19(20)21-15-24-23(30-21)18-9-7-6-8-10-18/h11-13,15-16,18H,5-10,14H2,1-4H3,(H,25,29)/q+1. The molecule has 30 heavy (non-hydrogen) atoms. The molecule has 0 saturated heterocycles. The van der Waals surface area contributed by atoms with E-state index in [-0.39, 0.29) is 18.4 Å². The van der Waals surface area contributed by atoms with E-state index in [1.807, 2.05) is 52.2 Å². The van der Waals surface area contributed by atoms with Crippen LogP contribution in [0, 0.1) is 4.91 Å². The van der Waals surface area contributed by atoms with Gasteiger partial charge >= 0.3 is 5.69 Å². The summed E-state index contributed by atoms with van der Waals surface area (Å²) in [6.45, 7) is 6.40. The lowest BCUT2D eigenvalue weighted by atomic mass is 9.90. The van der Waals surface area contributed by atoms with E-state index in [4.69, 9.17) is 4.98 Å². The molecule has 1 saturated carbocycles. The Morgan fingerprint density at radius 2 is 2.03 bits per heavy atom. The van der Waals surface area contributed by atoms with Crippen LogP contribution < -0.4 is 5.43 Å². The van der Waals surface area contributed by atoms with Crippen LogP contribution in [0.25, 0.3) is 10.4 Å². The van der Waals surface area contributed by atoms with Gasteiger partial charge in [0.1, 0.15) is 0 Å². The molecule has 1 aliphatic carbocycles. The van der Waals surface area contributed by atoms with Crippen LogP contribution >= 0.6 is 11.3 Å². The number of nitroso groups, excluding NO2 is 1. The maximum Gasteiger partial charge on any atom is 0.300 e. The highest BCUT2D eigenvalue weighted by atomic mass is 32.1. The van der Waals surface area contributed by atoms with Gasteiger partial charge in [0.05, 0.1) is 33.3 Å². The van der Waals surface area contributed by atoms with E-state index in [2.05, 4.69) is 5.43 Å². The smallest absolute Gasteiger partial charge is 0.300 e. The molecule has 2 aromatic rings. The van der Waals surface area contributed by atoms with Gasteiger partial charge in [0, 0.05) is 31.3 Å². The monoisotopic (exact) mass is 429 g/mol. The molecule has 0 unspecified atom stereocenters. The summed E-state index contributed by atoms with van der Waals surface area (Å²) in [6, 6.07) is 5.87. The first-order chi connectivity index (χ1) is 14.4. The lowest BCUT2D eigenvalue weighted by Gasteiger charge is -2.21. The normalized spacial score (nSPS) is 14.7. The molecular formula is C23H33N4O2S+. The van der Waals surface area contributed by atoms with Crippen molar-refractivity contribution in [2.75, 3.05) is 13.6 Å². The maximum atomic E-state index is 12.7. The molecule has 1 aromatic carbocycles. The fourth-order valence-corrected chi connectivity index (χ4v) is 4.95. The van der Waals surface area contributed by atoms with Gasteiger partial charge in [-0.2, -0.15) is 0 Å². The van der Waals surface area contributed by atoms with Crippen molar-refractivity contribution in [3.8, 4) is 10.4 Å². The van der Waals surface area contributed by atoms with E-state index >= 15 is 0 Å². The first-order valence-electron chi connectivity index (χ1n) is 11.0. The number of thiazole rings is 1. The Balaban J connectivity index is 1.89. The minimum Gasteiger partial charge on any atom is -0.343 e. The van der Waals surface area contributed by atoms with Crippen LogP contribution in [0.2, 0.25) is 0 Å². The van der Waals surface area contributed by atoms with Crippen LogP contribution in [-0.4, -0.2) is 40.3 Å². The van der Waals surface area contributed by atoms with Crippen molar-refractivity contribution < 1.29 is 9.66 Å². The molecule has 7 heteroatoms. The Hall–Kier alpha value is -2.28. The number of carbonyl (C=O) groups excluding carboxylic acids is 1. The molecule has 0 radical (unpaired) electrons. The summed E-state index contributed by atoms with van der Waals surface area (Å²) in [4.78, 5) is 33.5. The van der Waals surface area contributed by atoms with Gasteiger partial charge < -0.3 is 4.90 Å². The number of amides is 1. The highest BCUT2D eigenvalue weighted by Crippen LogP contribution is 2.40. The Bertz CT molecular complexity index is 887. The SMILES string of the molecule is CCN[N+](=O)c1cc(CC(=O)N(C)C(C)C)ccc1-c1cnc(C2CCCCC2)s1. The number of hydrazine groups is 1. The third kappa shape index (κ3) is 5.25. The second-order valence-corrected chi connectivity index (χ2v) is 9.39. The van der Waals surface area contributed by atoms with Crippen LogP contribution in [-0.2, 0) is 11.2 Å². The molecule has 1 aliphatic rings. The van der Waals surface area contributed by atoms with Crippen LogP contribution in [0.4, 0.5) is 5.69 Å². The van der Waals surface area contributed by atoms with E-state index < -0.39 is 0 Å². The molecule has 0 bridgehead atoms. The zero-order valence-corrected chi connectivity index (χ0v) is 19.3. The Morgan fingerprint density at radius 1 is 1.30 bits per heavy atom. The van der Waals surface area contributed by atoms with Crippen LogP contribution in [0.15, 0.2) is 24.4 Å². The maximum absolute atomic E-state index is 12.7. The predicted molar refractivity (Wildman–Crippen MR) is 122 cm³/mol. The molecule has 1 heterocycles. The van der Waals surface area contributed by atoms with Gasteiger partial charge in [-0.05, 0) is 45.2 Å². The number of likely N-dealkylation sites (N-methyl/N-ethyl adjacent to an activating group) is 1. The number of carbonyl (C=O) groups is 1. The van der Waals surface area contributed by atoms with Crippen LogP contribution in [0.1, 0.15) is 69.4 Å². The Morgan fingerprint density at radius 3 is 2.70 bits per heavy atom. The summed E-state index contributed by atoms with van der Waals surface area (Å²) in [7, 11) is 1.81. The predicted octanol–water partition coefficient (Wildman–Crippen LogP) is 5.20. The zero-order valence-electron chi connectivity index (χ0n) is 18.5. The van der Waals surface area contributed by atoms with E-state index in [9.17, 15) is 9.70 Å². The van der Waals surface area contributed by atoms with Crippen molar-refractivity contribution in [1.82, 2.24) is 15.3 Å². The van der Waals surface area contributed by atoms with Crippen molar-refractivity contribution >= 4 is 22.9 Å². The number of nitrogens with one attached hydrogen (secondary N) is 1. The first kappa shape index (κ1) is 22.4. The van der Waals surface area contributed by atoms with E-state index in [0.717, 1.165) is 20.9 Å². The van der Waals surface area contributed by atoms with Gasteiger partial charge in [-0.1, -0.05) is 25.3 Å². The molecule has 1 fully saturated rings. The molecule has 3 rings (SSSR count). The van der Waals surface area contributed by atoms with E-state index in [0.29, 0.717) is 18.2 Å². The molecular weight excluding hydrogens is 396 g/mol. The van der Waals surface area contributed by atoms with E-state index in [1.54, 1.807) is 16.2 Å². The van der Waals surface area contributed by atoms with Gasteiger partial charge in [0.2, 0.25) is 5.91 Å². The lowest BCUT2D eigenvalue weighted by molar-refractivity contribution is -0.527. The minimum absolute atomic E-state index is 0.0435. The fraction of sp³-hybridized carbons (Fsp3) is 0.565. The van der Waals surface area contributed by atoms with Crippen molar-refractivity contribution in [2.45, 2.75) is 71.3 Å². The van der Waals surface area contributed by atoms with E-state index in [1.165, 1.54) is 37.1 Å². The Labute approximate surface area is 183 Å². The molecule has 0 spiro atoms. The van der Waals surface area contributed by atoms with Crippen LogP contribution in [0.5, 0.6) is 0 Å². The fourth-order valence-electron chi connectivity index (χ4n) is 3.83. The molecule has 1 amide bonds. The summed E-state index contributed by atoms with van der Waals surface area (Å²) >= 11 is 1.69. The quantitative estimate of drug-likeness (QED) is 0.463. The number of benzene rings is 1. The highest BCUT2D eigenvalue weighted by Gasteiger charge is 2.25. The molecule has 162 valence electrons. The summed E-state index contributed by atoms with van der Waals surface area (Å²) < 4.78 is 0. The average molecular weight is 430 g/mol. The molecule has 0 aliphatic heterocycles. The van der Waals surface area contributed by atoms with Crippen molar-refractivity contribution in [3.63, 3.8) is 0 Å². The summed E-state index contributed by atoms with van der Waals surface area (Å²) in [6.07, 6.45) is 8.44. The second kappa shape index (κ2) is 10.2. The van der Waals surface area contributed by atoms with Crippen LogP contribution in [0.3, 0.4) is 0 Å². The lowest BCUT2D eigenvalue weighted by Crippen LogP contribution is -2.34. The number of aromatic nitrogens is 1. The average Bonchev–Trinajstić information content (AvgIpc) is 3.24. The third-order valence-electron chi connectivity index (χ3n) is 5.85. The van der Waals surface area contributed by atoms with Crippen molar-refractivity contribution in [3.05, 3.63) is 39.9 Å². The molecule has 1 aromatic heterocycles. The molecule has 6 nitrogen and oxygen atoms in total. The summed E-state index contributed by atoms with van der Waals surface area (Å²) in [5, 5.41) is 1.18. The zero-order chi connectivity index (χ0) is 21.7. The molecule has 1 N–H and O–H groups in total. The minimum atomic E-state index is 0.0435.